The Hall–Kier alpha value is -2.75. The lowest BCUT2D eigenvalue weighted by Gasteiger charge is -2.10. The summed E-state index contributed by atoms with van der Waals surface area (Å²) >= 11 is 0. The van der Waals surface area contributed by atoms with Crippen LogP contribution in [0.5, 0.6) is 5.75 Å². The van der Waals surface area contributed by atoms with Gasteiger partial charge in [0.05, 0.1) is 12.3 Å². The van der Waals surface area contributed by atoms with Crippen LogP contribution in [-0.2, 0) is 4.79 Å². The molecule has 0 aliphatic carbocycles. The van der Waals surface area contributed by atoms with E-state index in [0.717, 1.165) is 17.7 Å². The number of nitrogens with one attached hydrogen (secondary N) is 1. The Kier molecular flexibility index (Phi) is 6.43. The first kappa shape index (κ1) is 17.6. The summed E-state index contributed by atoms with van der Waals surface area (Å²) in [5.41, 5.74) is 8.20. The molecule has 126 valence electrons. The Morgan fingerprint density at radius 2 is 1.96 bits per heavy atom. The number of nitrogen functional groups attached to an aromatic ring is 1. The number of nitrogens with two attached hydrogens (primary N) is 1. The number of hydrogen-bond acceptors (Lipinski definition) is 3. The minimum atomic E-state index is -0.183. The van der Waals surface area contributed by atoms with Gasteiger partial charge < -0.3 is 15.8 Å². The smallest absolute Gasteiger partial charge is 0.248 e. The molecule has 24 heavy (non-hydrogen) atoms. The lowest BCUT2D eigenvalue weighted by atomic mass is 10.1. The highest BCUT2D eigenvalue weighted by Gasteiger charge is 2.03. The predicted octanol–water partition coefficient (Wildman–Crippen LogP) is 4.35. The summed E-state index contributed by atoms with van der Waals surface area (Å²) in [5, 5.41) is 2.79. The van der Waals surface area contributed by atoms with Gasteiger partial charge in [-0.15, -0.1) is 0 Å². The molecular weight excluding hydrogens is 300 g/mol. The highest BCUT2D eigenvalue weighted by atomic mass is 16.5. The normalized spacial score (nSPS) is 11.0. The highest BCUT2D eigenvalue weighted by Crippen LogP contribution is 2.23. The summed E-state index contributed by atoms with van der Waals surface area (Å²) in [4.78, 5) is 11.9. The molecule has 3 N–H and O–H groups in total. The van der Waals surface area contributed by atoms with Gasteiger partial charge in [-0.05, 0) is 48.2 Å². The predicted molar refractivity (Wildman–Crippen MR) is 99.9 cm³/mol. The maximum Gasteiger partial charge on any atom is 0.248 e. The number of amides is 1. The summed E-state index contributed by atoms with van der Waals surface area (Å²) < 4.78 is 5.68. The molecule has 0 aliphatic rings. The fourth-order valence-corrected chi connectivity index (χ4v) is 2.08. The largest absolute Gasteiger partial charge is 0.491 e. The van der Waals surface area contributed by atoms with Gasteiger partial charge in [-0.2, -0.15) is 0 Å². The van der Waals surface area contributed by atoms with Crippen molar-refractivity contribution in [2.75, 3.05) is 17.7 Å². The lowest BCUT2D eigenvalue weighted by Crippen LogP contribution is -2.07. The molecule has 0 atom stereocenters. The van der Waals surface area contributed by atoms with E-state index >= 15 is 0 Å². The number of carbonyl (C=O) groups excluding carboxylic acids is 1. The van der Waals surface area contributed by atoms with Gasteiger partial charge in [0.15, 0.2) is 0 Å². The molecule has 2 aromatic carbocycles. The number of anilines is 2. The number of benzene rings is 2. The van der Waals surface area contributed by atoms with E-state index in [1.807, 2.05) is 42.5 Å². The number of hydrogen-bond donors (Lipinski definition) is 2. The SMILES string of the molecule is CC(C)CCOc1ccc(/C=C\C(=O)Nc2ccccc2)cc1N. The molecule has 0 aromatic heterocycles. The van der Waals surface area contributed by atoms with Crippen molar-refractivity contribution in [1.29, 1.82) is 0 Å². The molecule has 1 amide bonds. The summed E-state index contributed by atoms with van der Waals surface area (Å²) in [5.74, 6) is 1.09. The Morgan fingerprint density at radius 1 is 1.21 bits per heavy atom. The Morgan fingerprint density at radius 3 is 2.62 bits per heavy atom. The van der Waals surface area contributed by atoms with Gasteiger partial charge in [0.25, 0.3) is 0 Å². The van der Waals surface area contributed by atoms with Gasteiger partial charge in [-0.25, -0.2) is 0 Å². The van der Waals surface area contributed by atoms with Crippen molar-refractivity contribution < 1.29 is 9.53 Å². The monoisotopic (exact) mass is 324 g/mol. The van der Waals surface area contributed by atoms with Crippen LogP contribution in [0.3, 0.4) is 0 Å². The van der Waals surface area contributed by atoms with Crippen LogP contribution in [0.15, 0.2) is 54.6 Å². The zero-order chi connectivity index (χ0) is 17.4. The van der Waals surface area contributed by atoms with Crippen LogP contribution in [0.2, 0.25) is 0 Å². The van der Waals surface area contributed by atoms with Crippen LogP contribution in [0, 0.1) is 5.92 Å². The van der Waals surface area contributed by atoms with Gasteiger partial charge >= 0.3 is 0 Å². The van der Waals surface area contributed by atoms with Gasteiger partial charge in [0.1, 0.15) is 5.75 Å². The second kappa shape index (κ2) is 8.77. The van der Waals surface area contributed by atoms with Crippen molar-refractivity contribution in [3.05, 3.63) is 60.2 Å². The zero-order valence-corrected chi connectivity index (χ0v) is 14.2. The molecule has 0 unspecified atom stereocenters. The molecule has 0 bridgehead atoms. The molecule has 0 spiro atoms. The van der Waals surface area contributed by atoms with Crippen molar-refractivity contribution in [2.24, 2.45) is 5.92 Å². The molecule has 2 aromatic rings. The topological polar surface area (TPSA) is 64.3 Å². The average Bonchev–Trinajstić information content (AvgIpc) is 2.55. The fraction of sp³-hybridized carbons (Fsp3) is 0.250. The van der Waals surface area contributed by atoms with E-state index in [0.29, 0.717) is 24.0 Å². The standard InChI is InChI=1S/C20H24N2O2/c1-15(2)12-13-24-19-10-8-16(14-18(19)21)9-11-20(23)22-17-6-4-3-5-7-17/h3-11,14-15H,12-13,21H2,1-2H3,(H,22,23)/b11-9-. The average molecular weight is 324 g/mol. The van der Waals surface area contributed by atoms with E-state index in [4.69, 9.17) is 10.5 Å². The van der Waals surface area contributed by atoms with E-state index in [-0.39, 0.29) is 5.91 Å². The van der Waals surface area contributed by atoms with Gasteiger partial charge in [0, 0.05) is 11.8 Å². The third kappa shape index (κ3) is 5.80. The van der Waals surface area contributed by atoms with Crippen LogP contribution in [0.1, 0.15) is 25.8 Å². The lowest BCUT2D eigenvalue weighted by molar-refractivity contribution is -0.111. The van der Waals surface area contributed by atoms with Crippen LogP contribution < -0.4 is 15.8 Å². The molecule has 0 heterocycles. The van der Waals surface area contributed by atoms with E-state index in [1.165, 1.54) is 6.08 Å². The highest BCUT2D eigenvalue weighted by molar-refractivity contribution is 6.01. The molecule has 2 rings (SSSR count). The molecule has 0 fully saturated rings. The van der Waals surface area contributed by atoms with Gasteiger partial charge in [0.2, 0.25) is 5.91 Å². The number of carbonyl (C=O) groups is 1. The van der Waals surface area contributed by atoms with Crippen LogP contribution in [0.4, 0.5) is 11.4 Å². The number of ether oxygens (including phenoxy) is 1. The van der Waals surface area contributed by atoms with Gasteiger partial charge in [-0.1, -0.05) is 38.1 Å². The summed E-state index contributed by atoms with van der Waals surface area (Å²) in [7, 11) is 0. The Labute approximate surface area is 143 Å². The Bertz CT molecular complexity index is 694. The minimum absolute atomic E-state index is 0.183. The quantitative estimate of drug-likeness (QED) is 0.588. The molecule has 0 saturated heterocycles. The molecule has 0 radical (unpaired) electrons. The minimum Gasteiger partial charge on any atom is -0.491 e. The van der Waals surface area contributed by atoms with E-state index in [2.05, 4.69) is 19.2 Å². The maximum atomic E-state index is 11.9. The third-order valence-electron chi connectivity index (χ3n) is 3.46. The van der Waals surface area contributed by atoms with E-state index in [9.17, 15) is 4.79 Å². The van der Waals surface area contributed by atoms with Crippen LogP contribution in [-0.4, -0.2) is 12.5 Å². The molecule has 4 heteroatoms. The van der Waals surface area contributed by atoms with Crippen molar-refractivity contribution in [1.82, 2.24) is 0 Å². The zero-order valence-electron chi connectivity index (χ0n) is 14.2. The summed E-state index contributed by atoms with van der Waals surface area (Å²) in [6, 6.07) is 14.9. The number of rotatable bonds is 7. The summed E-state index contributed by atoms with van der Waals surface area (Å²) in [6.07, 6.45) is 4.20. The van der Waals surface area contributed by atoms with Crippen LogP contribution in [0.25, 0.3) is 6.08 Å². The van der Waals surface area contributed by atoms with Crippen molar-refractivity contribution >= 4 is 23.4 Å². The number of para-hydroxylation sites is 1. The second-order valence-electron chi connectivity index (χ2n) is 6.02. The molecule has 0 saturated carbocycles. The molecule has 0 aliphatic heterocycles. The first-order chi connectivity index (χ1) is 11.5. The molecule has 4 nitrogen and oxygen atoms in total. The third-order valence-corrected chi connectivity index (χ3v) is 3.46. The van der Waals surface area contributed by atoms with E-state index < -0.39 is 0 Å². The second-order valence-corrected chi connectivity index (χ2v) is 6.02. The first-order valence-corrected chi connectivity index (χ1v) is 8.11. The van der Waals surface area contributed by atoms with Crippen LogP contribution >= 0.6 is 0 Å². The van der Waals surface area contributed by atoms with Crippen molar-refractivity contribution in [3.63, 3.8) is 0 Å². The van der Waals surface area contributed by atoms with Gasteiger partial charge in [-0.3, -0.25) is 4.79 Å². The maximum absolute atomic E-state index is 11.9. The van der Waals surface area contributed by atoms with E-state index in [1.54, 1.807) is 12.1 Å². The Balaban J connectivity index is 1.92. The van der Waals surface area contributed by atoms with Crippen molar-refractivity contribution in [2.45, 2.75) is 20.3 Å². The fourth-order valence-electron chi connectivity index (χ4n) is 2.08. The van der Waals surface area contributed by atoms with Crippen molar-refractivity contribution in [3.8, 4) is 5.75 Å². The first-order valence-electron chi connectivity index (χ1n) is 8.11. The summed E-state index contributed by atoms with van der Waals surface area (Å²) in [6.45, 7) is 4.96. The molecular formula is C20H24N2O2.